The summed E-state index contributed by atoms with van der Waals surface area (Å²) >= 11 is 1.34. The van der Waals surface area contributed by atoms with E-state index in [-0.39, 0.29) is 12.3 Å². The minimum absolute atomic E-state index is 0.163. The molecule has 1 aromatic rings. The Balaban J connectivity index is 2.41. The molecule has 0 radical (unpaired) electrons. The first-order valence-corrected chi connectivity index (χ1v) is 7.37. The quantitative estimate of drug-likeness (QED) is 0.922. The molecule has 0 aliphatic carbocycles. The Kier molecular flexibility index (Phi) is 4.55. The smallest absolute Gasteiger partial charge is 0.240 e. The van der Waals surface area contributed by atoms with E-state index in [1.807, 2.05) is 19.1 Å². The van der Waals surface area contributed by atoms with E-state index in [1.54, 1.807) is 18.3 Å². The Hall–Kier alpha value is -2.39. The summed E-state index contributed by atoms with van der Waals surface area (Å²) in [6, 6.07) is 5.00. The Morgan fingerprint density at radius 3 is 2.90 bits per heavy atom. The summed E-state index contributed by atoms with van der Waals surface area (Å²) in [6.07, 6.45) is 5.92. The van der Waals surface area contributed by atoms with Gasteiger partial charge in [0.1, 0.15) is 17.0 Å². The summed E-state index contributed by atoms with van der Waals surface area (Å²) in [7, 11) is 0. The van der Waals surface area contributed by atoms with Gasteiger partial charge in [0.15, 0.2) is 0 Å². The molecule has 1 aliphatic rings. The van der Waals surface area contributed by atoms with Crippen LogP contribution in [0, 0.1) is 11.3 Å². The number of amides is 2. The lowest BCUT2D eigenvalue weighted by molar-refractivity contribution is -0.135. The zero-order chi connectivity index (χ0) is 15.4. The van der Waals surface area contributed by atoms with E-state index in [1.165, 1.54) is 16.2 Å². The maximum Gasteiger partial charge on any atom is 0.240 e. The number of nitrogens with zero attached hydrogens (tertiary/aromatic N) is 2. The fourth-order valence-electron chi connectivity index (χ4n) is 2.15. The first-order chi connectivity index (χ1) is 10.1. The second kappa shape index (κ2) is 6.37. The van der Waals surface area contributed by atoms with Crippen molar-refractivity contribution in [3.63, 3.8) is 0 Å². The molecule has 2 N–H and O–H groups in total. The summed E-state index contributed by atoms with van der Waals surface area (Å²) in [6.45, 7) is 1.81. The minimum Gasteiger partial charge on any atom is -0.368 e. The zero-order valence-electron chi connectivity index (χ0n) is 11.6. The van der Waals surface area contributed by atoms with Gasteiger partial charge in [0.05, 0.1) is 0 Å². The normalized spacial score (nSPS) is 16.1. The van der Waals surface area contributed by atoms with Gasteiger partial charge in [-0.3, -0.25) is 9.59 Å². The third-order valence-corrected chi connectivity index (χ3v) is 4.25. The number of primary amides is 1. The van der Waals surface area contributed by atoms with Gasteiger partial charge in [0.25, 0.3) is 0 Å². The molecule has 2 heterocycles. The zero-order valence-corrected chi connectivity index (χ0v) is 12.4. The summed E-state index contributed by atoms with van der Waals surface area (Å²) in [5.74, 6) is -0.684. The third kappa shape index (κ3) is 3.20. The van der Waals surface area contributed by atoms with Crippen LogP contribution in [0.2, 0.25) is 0 Å². The summed E-state index contributed by atoms with van der Waals surface area (Å²) in [4.78, 5) is 26.5. The molecule has 0 aromatic carbocycles. The highest BCUT2D eigenvalue weighted by molar-refractivity contribution is 7.13. The fraction of sp³-hybridized carbons (Fsp3) is 0.267. The number of carbonyl (C=O) groups is 2. The van der Waals surface area contributed by atoms with E-state index in [0.29, 0.717) is 11.3 Å². The third-order valence-electron chi connectivity index (χ3n) is 3.21. The van der Waals surface area contributed by atoms with Gasteiger partial charge in [-0.05, 0) is 18.6 Å². The molecule has 1 aromatic heterocycles. The molecule has 5 nitrogen and oxygen atoms in total. The van der Waals surface area contributed by atoms with Crippen molar-refractivity contribution in [1.82, 2.24) is 4.90 Å². The maximum absolute atomic E-state index is 12.1. The molecule has 0 saturated carbocycles. The predicted octanol–water partition coefficient (Wildman–Crippen LogP) is 2.01. The summed E-state index contributed by atoms with van der Waals surface area (Å²) in [5.41, 5.74) is 6.18. The van der Waals surface area contributed by atoms with Crippen molar-refractivity contribution in [1.29, 1.82) is 5.26 Å². The minimum atomic E-state index is -0.650. The van der Waals surface area contributed by atoms with Gasteiger partial charge >= 0.3 is 0 Å². The maximum atomic E-state index is 12.1. The standard InChI is InChI=1S/C15H15N3O2S/c1-2-12(15(17)20)18-9-10(4-3-5-14(18)19)13-7-6-11(8-16)21-13/h3-4,6-7,9,12H,2,5H2,1H3,(H2,17,20). The van der Waals surface area contributed by atoms with Gasteiger partial charge in [-0.25, -0.2) is 0 Å². The van der Waals surface area contributed by atoms with Gasteiger partial charge in [0, 0.05) is 23.1 Å². The molecule has 0 spiro atoms. The number of rotatable bonds is 4. The first-order valence-electron chi connectivity index (χ1n) is 6.56. The number of hydrogen-bond donors (Lipinski definition) is 1. The van der Waals surface area contributed by atoms with Crippen LogP contribution in [0.1, 0.15) is 29.5 Å². The van der Waals surface area contributed by atoms with Crippen molar-refractivity contribution in [3.05, 3.63) is 40.2 Å². The second-order valence-corrected chi connectivity index (χ2v) is 5.68. The number of carbonyl (C=O) groups excluding carboxylic acids is 2. The molecule has 1 unspecified atom stereocenters. The molecule has 1 atom stereocenters. The molecule has 0 fully saturated rings. The van der Waals surface area contributed by atoms with Crippen LogP contribution in [0.15, 0.2) is 30.5 Å². The number of hydrogen-bond acceptors (Lipinski definition) is 4. The van der Waals surface area contributed by atoms with Crippen LogP contribution in [0.4, 0.5) is 0 Å². The predicted molar refractivity (Wildman–Crippen MR) is 80.9 cm³/mol. The molecule has 2 rings (SSSR count). The van der Waals surface area contributed by atoms with Crippen molar-refractivity contribution < 1.29 is 9.59 Å². The van der Waals surface area contributed by atoms with Gasteiger partial charge in [0.2, 0.25) is 11.8 Å². The Morgan fingerprint density at radius 2 is 2.33 bits per heavy atom. The van der Waals surface area contributed by atoms with Crippen LogP contribution in [-0.2, 0) is 9.59 Å². The lowest BCUT2D eigenvalue weighted by atomic mass is 10.1. The van der Waals surface area contributed by atoms with E-state index in [9.17, 15) is 9.59 Å². The molecule has 108 valence electrons. The summed E-state index contributed by atoms with van der Waals surface area (Å²) in [5, 5.41) is 8.90. The van der Waals surface area contributed by atoms with Crippen LogP contribution in [0.25, 0.3) is 5.57 Å². The molecular formula is C15H15N3O2S. The van der Waals surface area contributed by atoms with Crippen LogP contribution >= 0.6 is 11.3 Å². The molecule has 21 heavy (non-hydrogen) atoms. The fourth-order valence-corrected chi connectivity index (χ4v) is 2.95. The van der Waals surface area contributed by atoms with Crippen LogP contribution in [0.5, 0.6) is 0 Å². The average Bonchev–Trinajstić information content (AvgIpc) is 2.86. The Labute approximate surface area is 127 Å². The average molecular weight is 301 g/mol. The van der Waals surface area contributed by atoms with E-state index in [2.05, 4.69) is 6.07 Å². The van der Waals surface area contributed by atoms with E-state index < -0.39 is 11.9 Å². The van der Waals surface area contributed by atoms with E-state index >= 15 is 0 Å². The first kappa shape index (κ1) is 15.0. The molecular weight excluding hydrogens is 286 g/mol. The highest BCUT2D eigenvalue weighted by Crippen LogP contribution is 2.28. The van der Waals surface area contributed by atoms with Gasteiger partial charge in [-0.2, -0.15) is 5.26 Å². The van der Waals surface area contributed by atoms with Crippen LogP contribution in [-0.4, -0.2) is 22.8 Å². The SMILES string of the molecule is CCC(C(N)=O)N1C=C(c2ccc(C#N)s2)C=CCC1=O. The Morgan fingerprint density at radius 1 is 1.57 bits per heavy atom. The monoisotopic (exact) mass is 301 g/mol. The highest BCUT2D eigenvalue weighted by Gasteiger charge is 2.26. The van der Waals surface area contributed by atoms with Crippen LogP contribution in [0.3, 0.4) is 0 Å². The number of allylic oxidation sites excluding steroid dienone is 2. The molecule has 6 heteroatoms. The van der Waals surface area contributed by atoms with E-state index in [0.717, 1.165) is 10.5 Å². The Bertz CT molecular complexity index is 667. The van der Waals surface area contributed by atoms with Crippen molar-refractivity contribution in [2.24, 2.45) is 5.73 Å². The number of nitriles is 1. The number of thiophene rings is 1. The van der Waals surface area contributed by atoms with Crippen molar-refractivity contribution >= 4 is 28.7 Å². The van der Waals surface area contributed by atoms with Crippen LogP contribution < -0.4 is 5.73 Å². The number of nitrogens with two attached hydrogens (primary N) is 1. The summed E-state index contributed by atoms with van der Waals surface area (Å²) < 4.78 is 0. The molecule has 0 saturated heterocycles. The highest BCUT2D eigenvalue weighted by atomic mass is 32.1. The molecule has 1 aliphatic heterocycles. The van der Waals surface area contributed by atoms with E-state index in [4.69, 9.17) is 11.0 Å². The van der Waals surface area contributed by atoms with Crippen molar-refractivity contribution in [3.8, 4) is 6.07 Å². The van der Waals surface area contributed by atoms with Gasteiger partial charge in [-0.15, -0.1) is 11.3 Å². The van der Waals surface area contributed by atoms with Crippen molar-refractivity contribution in [2.45, 2.75) is 25.8 Å². The molecule has 2 amide bonds. The topological polar surface area (TPSA) is 87.2 Å². The lowest BCUT2D eigenvalue weighted by Gasteiger charge is -2.25. The van der Waals surface area contributed by atoms with Gasteiger partial charge in [-0.1, -0.05) is 19.1 Å². The largest absolute Gasteiger partial charge is 0.368 e. The molecule has 0 bridgehead atoms. The van der Waals surface area contributed by atoms with Crippen molar-refractivity contribution in [2.75, 3.05) is 0 Å². The second-order valence-electron chi connectivity index (χ2n) is 4.59. The lowest BCUT2D eigenvalue weighted by Crippen LogP contribution is -2.44. The van der Waals surface area contributed by atoms with Gasteiger partial charge < -0.3 is 10.6 Å².